The number of aromatic nitrogens is 1. The largest absolute Gasteiger partial charge is 0.478 e. The molecule has 0 saturated carbocycles. The van der Waals surface area contributed by atoms with Gasteiger partial charge in [0.05, 0.1) is 6.20 Å². The molecule has 1 aliphatic rings. The third-order valence-electron chi connectivity index (χ3n) is 3.46. The minimum atomic E-state index is -1.17. The number of likely N-dealkylation sites (tertiary alicyclic amines) is 1. The Kier molecular flexibility index (Phi) is 4.31. The lowest BCUT2D eigenvalue weighted by molar-refractivity contribution is 0.0697. The second-order valence-electron chi connectivity index (χ2n) is 4.78. The lowest BCUT2D eigenvalue weighted by atomic mass is 10.1. The van der Waals surface area contributed by atoms with Gasteiger partial charge < -0.3 is 15.3 Å². The number of carboxylic acid groups (broad SMARTS) is 1. The van der Waals surface area contributed by atoms with Gasteiger partial charge in [-0.1, -0.05) is 6.92 Å². The number of halogens is 1. The molecule has 0 bridgehead atoms. The van der Waals surface area contributed by atoms with Crippen molar-refractivity contribution in [2.75, 3.05) is 31.5 Å². The number of rotatable bonds is 5. The van der Waals surface area contributed by atoms with Crippen LogP contribution in [0.25, 0.3) is 0 Å². The zero-order valence-corrected chi connectivity index (χ0v) is 10.9. The molecule has 2 rings (SSSR count). The van der Waals surface area contributed by atoms with Crippen LogP contribution in [0.2, 0.25) is 0 Å². The number of hydrogen-bond acceptors (Lipinski definition) is 4. The smallest absolute Gasteiger partial charge is 0.339 e. The van der Waals surface area contributed by atoms with Crippen LogP contribution >= 0.6 is 0 Å². The molecule has 0 amide bonds. The first-order valence-corrected chi connectivity index (χ1v) is 6.45. The van der Waals surface area contributed by atoms with Crippen LogP contribution in [0.4, 0.5) is 10.2 Å². The summed E-state index contributed by atoms with van der Waals surface area (Å²) in [6.45, 7) is 5.90. The van der Waals surface area contributed by atoms with E-state index in [9.17, 15) is 9.18 Å². The maximum Gasteiger partial charge on any atom is 0.339 e. The zero-order chi connectivity index (χ0) is 13.8. The second kappa shape index (κ2) is 5.97. The Hall–Kier alpha value is -1.69. The number of nitrogens with one attached hydrogen (secondary N) is 1. The third kappa shape index (κ3) is 3.41. The molecule has 104 valence electrons. The van der Waals surface area contributed by atoms with E-state index in [1.54, 1.807) is 0 Å². The van der Waals surface area contributed by atoms with Gasteiger partial charge in [-0.25, -0.2) is 14.2 Å². The molecule has 1 aromatic heterocycles. The summed E-state index contributed by atoms with van der Waals surface area (Å²) in [6, 6.07) is 0.991. The summed E-state index contributed by atoms with van der Waals surface area (Å²) in [4.78, 5) is 17.2. The van der Waals surface area contributed by atoms with E-state index in [2.05, 4.69) is 22.1 Å². The highest BCUT2D eigenvalue weighted by atomic mass is 19.1. The fraction of sp³-hybridized carbons (Fsp3) is 0.538. The number of hydrogen-bond donors (Lipinski definition) is 2. The number of aromatic carboxylic acids is 1. The number of anilines is 1. The molecule has 1 atom stereocenters. The Labute approximate surface area is 111 Å². The van der Waals surface area contributed by atoms with E-state index in [0.717, 1.165) is 38.3 Å². The predicted molar refractivity (Wildman–Crippen MR) is 69.9 cm³/mol. The Morgan fingerprint density at radius 1 is 1.68 bits per heavy atom. The maximum atomic E-state index is 13.0. The van der Waals surface area contributed by atoms with Crippen molar-refractivity contribution < 1.29 is 14.3 Å². The molecule has 0 aliphatic carbocycles. The van der Waals surface area contributed by atoms with E-state index in [-0.39, 0.29) is 11.4 Å². The highest BCUT2D eigenvalue weighted by Gasteiger charge is 2.21. The SMILES string of the molecule is CCN1CCC(CNc2ncc(F)cc2C(=O)O)C1. The third-order valence-corrected chi connectivity index (χ3v) is 3.46. The summed E-state index contributed by atoms with van der Waals surface area (Å²) in [5, 5.41) is 12.0. The van der Waals surface area contributed by atoms with Crippen molar-refractivity contribution in [2.45, 2.75) is 13.3 Å². The average Bonchev–Trinajstić information content (AvgIpc) is 2.85. The maximum absolute atomic E-state index is 13.0. The molecule has 6 heteroatoms. The summed E-state index contributed by atoms with van der Waals surface area (Å²) >= 11 is 0. The van der Waals surface area contributed by atoms with Gasteiger partial charge in [-0.15, -0.1) is 0 Å². The van der Waals surface area contributed by atoms with Gasteiger partial charge in [-0.05, 0) is 31.5 Å². The van der Waals surface area contributed by atoms with E-state index in [0.29, 0.717) is 12.5 Å². The molecule has 1 saturated heterocycles. The van der Waals surface area contributed by atoms with Crippen LogP contribution < -0.4 is 5.32 Å². The molecule has 0 radical (unpaired) electrons. The molecule has 2 N–H and O–H groups in total. The van der Waals surface area contributed by atoms with Crippen LogP contribution in [0.5, 0.6) is 0 Å². The normalized spacial score (nSPS) is 19.6. The van der Waals surface area contributed by atoms with Gasteiger partial charge in [0, 0.05) is 13.1 Å². The minimum Gasteiger partial charge on any atom is -0.478 e. The van der Waals surface area contributed by atoms with Gasteiger partial charge >= 0.3 is 5.97 Å². The summed E-state index contributed by atoms with van der Waals surface area (Å²) in [5.41, 5.74) is -0.120. The van der Waals surface area contributed by atoms with E-state index >= 15 is 0 Å². The van der Waals surface area contributed by atoms with E-state index in [1.165, 1.54) is 0 Å². The van der Waals surface area contributed by atoms with Crippen molar-refractivity contribution in [2.24, 2.45) is 5.92 Å². The van der Waals surface area contributed by atoms with Crippen LogP contribution in [0.15, 0.2) is 12.3 Å². The molecular formula is C13H18FN3O2. The molecule has 1 aliphatic heterocycles. The van der Waals surface area contributed by atoms with Gasteiger partial charge in [0.1, 0.15) is 17.2 Å². The average molecular weight is 267 g/mol. The Balaban J connectivity index is 1.98. The molecule has 5 nitrogen and oxygen atoms in total. The fourth-order valence-corrected chi connectivity index (χ4v) is 2.35. The topological polar surface area (TPSA) is 65.5 Å². The number of pyridine rings is 1. The van der Waals surface area contributed by atoms with Crippen molar-refractivity contribution in [1.29, 1.82) is 0 Å². The monoisotopic (exact) mass is 267 g/mol. The van der Waals surface area contributed by atoms with E-state index in [1.807, 2.05) is 0 Å². The lowest BCUT2D eigenvalue weighted by Crippen LogP contribution is -2.23. The summed E-state index contributed by atoms with van der Waals surface area (Å²) in [7, 11) is 0. The van der Waals surface area contributed by atoms with Gasteiger partial charge in [0.15, 0.2) is 0 Å². The number of carbonyl (C=O) groups is 1. The van der Waals surface area contributed by atoms with Gasteiger partial charge in [0.25, 0.3) is 0 Å². The van der Waals surface area contributed by atoms with Crippen LogP contribution in [0, 0.1) is 11.7 Å². The van der Waals surface area contributed by atoms with Gasteiger partial charge in [-0.2, -0.15) is 0 Å². The Morgan fingerprint density at radius 2 is 2.47 bits per heavy atom. The number of carboxylic acids is 1. The highest BCUT2D eigenvalue weighted by molar-refractivity contribution is 5.93. The van der Waals surface area contributed by atoms with Crippen LogP contribution in [-0.4, -0.2) is 47.1 Å². The van der Waals surface area contributed by atoms with Crippen LogP contribution in [0.3, 0.4) is 0 Å². The first-order valence-electron chi connectivity index (χ1n) is 6.45. The van der Waals surface area contributed by atoms with E-state index in [4.69, 9.17) is 5.11 Å². The Bertz CT molecular complexity index is 467. The quantitative estimate of drug-likeness (QED) is 0.849. The van der Waals surface area contributed by atoms with Gasteiger partial charge in [0.2, 0.25) is 0 Å². The molecule has 1 aromatic rings. The van der Waals surface area contributed by atoms with Crippen LogP contribution in [-0.2, 0) is 0 Å². The van der Waals surface area contributed by atoms with Crippen LogP contribution in [0.1, 0.15) is 23.7 Å². The van der Waals surface area contributed by atoms with Crippen molar-refractivity contribution in [1.82, 2.24) is 9.88 Å². The molecule has 1 unspecified atom stereocenters. The fourth-order valence-electron chi connectivity index (χ4n) is 2.35. The molecule has 19 heavy (non-hydrogen) atoms. The minimum absolute atomic E-state index is 0.120. The first kappa shape index (κ1) is 13.7. The second-order valence-corrected chi connectivity index (χ2v) is 4.78. The van der Waals surface area contributed by atoms with Crippen molar-refractivity contribution in [3.8, 4) is 0 Å². The number of nitrogens with zero attached hydrogens (tertiary/aromatic N) is 2. The summed E-state index contributed by atoms with van der Waals surface area (Å²) in [6.07, 6.45) is 2.12. The Morgan fingerprint density at radius 3 is 3.11 bits per heavy atom. The highest BCUT2D eigenvalue weighted by Crippen LogP contribution is 2.18. The van der Waals surface area contributed by atoms with Crippen molar-refractivity contribution in [3.63, 3.8) is 0 Å². The standard InChI is InChI=1S/C13H18FN3O2/c1-2-17-4-3-9(8-17)6-15-12-11(13(18)19)5-10(14)7-16-12/h5,7,9H,2-4,6,8H2,1H3,(H,15,16)(H,18,19). The molecule has 0 spiro atoms. The van der Waals surface area contributed by atoms with E-state index < -0.39 is 11.8 Å². The molecular weight excluding hydrogens is 249 g/mol. The molecule has 1 fully saturated rings. The van der Waals surface area contributed by atoms with Gasteiger partial charge in [-0.3, -0.25) is 0 Å². The lowest BCUT2D eigenvalue weighted by Gasteiger charge is -2.14. The first-order chi connectivity index (χ1) is 9.10. The molecule has 2 heterocycles. The van der Waals surface area contributed by atoms with Crippen molar-refractivity contribution >= 4 is 11.8 Å². The predicted octanol–water partition coefficient (Wildman–Crippen LogP) is 1.67. The zero-order valence-electron chi connectivity index (χ0n) is 10.9. The van der Waals surface area contributed by atoms with Crippen molar-refractivity contribution in [3.05, 3.63) is 23.6 Å². The summed E-state index contributed by atoms with van der Waals surface area (Å²) < 4.78 is 13.0. The molecule has 0 aromatic carbocycles. The summed E-state index contributed by atoms with van der Waals surface area (Å²) in [5.74, 6) is -1.09.